The second-order valence-electron chi connectivity index (χ2n) is 11.3. The van der Waals surface area contributed by atoms with Gasteiger partial charge in [-0.05, 0) is 68.4 Å². The Hall–Kier alpha value is -1.41. The van der Waals surface area contributed by atoms with Crippen molar-refractivity contribution in [3.05, 3.63) is 35.9 Å². The van der Waals surface area contributed by atoms with Gasteiger partial charge in [-0.25, -0.2) is 0 Å². The number of hydrogen-bond acceptors (Lipinski definition) is 5. The Morgan fingerprint density at radius 3 is 2.82 bits per heavy atom. The second-order valence-corrected chi connectivity index (χ2v) is 11.3. The molecule has 180 valence electrons. The molecule has 2 N–H and O–H groups in total. The van der Waals surface area contributed by atoms with Crippen LogP contribution < -0.4 is 10.6 Å². The lowest BCUT2D eigenvalue weighted by Crippen LogP contribution is -2.65. The summed E-state index contributed by atoms with van der Waals surface area (Å²) < 4.78 is 19.0. The third-order valence-electron chi connectivity index (χ3n) is 8.90. The van der Waals surface area contributed by atoms with Crippen LogP contribution in [0.1, 0.15) is 58.4 Å². The van der Waals surface area contributed by atoms with Gasteiger partial charge >= 0.3 is 7.12 Å². The Morgan fingerprint density at radius 2 is 2.09 bits per heavy atom. The molecule has 2 bridgehead atoms. The van der Waals surface area contributed by atoms with Gasteiger partial charge in [0.25, 0.3) is 0 Å². The maximum atomic E-state index is 12.8. The normalized spacial score (nSPS) is 35.1. The Bertz CT molecular complexity index is 831. The van der Waals surface area contributed by atoms with Crippen LogP contribution >= 0.6 is 0 Å². The minimum absolute atomic E-state index is 0.00725. The van der Waals surface area contributed by atoms with Crippen LogP contribution in [0.15, 0.2) is 30.3 Å². The molecule has 5 aliphatic rings. The molecular formula is C26H39BN2O4. The van der Waals surface area contributed by atoms with Crippen LogP contribution in [0.3, 0.4) is 0 Å². The maximum absolute atomic E-state index is 12.8. The molecule has 0 spiro atoms. The van der Waals surface area contributed by atoms with E-state index in [0.29, 0.717) is 49.3 Å². The molecule has 3 saturated carbocycles. The summed E-state index contributed by atoms with van der Waals surface area (Å²) in [6.07, 6.45) is 5.77. The summed E-state index contributed by atoms with van der Waals surface area (Å²) in [5.41, 5.74) is 1.19. The third-order valence-corrected chi connectivity index (χ3v) is 8.90. The van der Waals surface area contributed by atoms with Crippen molar-refractivity contribution in [3.8, 4) is 0 Å². The predicted octanol–water partition coefficient (Wildman–Crippen LogP) is 3.14. The first-order chi connectivity index (χ1) is 15.9. The average Bonchev–Trinajstić information content (AvgIpc) is 3.43. The van der Waals surface area contributed by atoms with Crippen LogP contribution in [0.4, 0.5) is 0 Å². The van der Waals surface area contributed by atoms with E-state index >= 15 is 0 Å². The molecule has 2 aliphatic heterocycles. The van der Waals surface area contributed by atoms with E-state index in [0.717, 1.165) is 19.4 Å². The van der Waals surface area contributed by atoms with E-state index in [1.54, 1.807) is 0 Å². The van der Waals surface area contributed by atoms with Crippen LogP contribution in [0.5, 0.6) is 0 Å². The first-order valence-electron chi connectivity index (χ1n) is 12.8. The molecule has 1 aromatic rings. The molecule has 6 rings (SSSR count). The molecule has 7 heteroatoms. The monoisotopic (exact) mass is 454 g/mol. The second kappa shape index (κ2) is 9.33. The molecule has 2 saturated heterocycles. The summed E-state index contributed by atoms with van der Waals surface area (Å²) in [6.45, 7) is 9.14. The Labute approximate surface area is 198 Å². The average molecular weight is 454 g/mol. The van der Waals surface area contributed by atoms with E-state index in [-0.39, 0.29) is 23.6 Å². The number of benzene rings is 1. The van der Waals surface area contributed by atoms with E-state index in [9.17, 15) is 4.79 Å². The molecule has 1 amide bonds. The summed E-state index contributed by atoms with van der Waals surface area (Å²) >= 11 is 0. The molecule has 33 heavy (non-hydrogen) atoms. The quantitative estimate of drug-likeness (QED) is 0.443. The Kier molecular flexibility index (Phi) is 6.60. The molecule has 0 radical (unpaired) electrons. The van der Waals surface area contributed by atoms with Gasteiger partial charge in [-0.3, -0.25) is 4.79 Å². The molecule has 6 nitrogen and oxygen atoms in total. The van der Waals surface area contributed by atoms with E-state index in [1.807, 2.05) is 18.2 Å². The number of ether oxygens (including phenoxy) is 1. The molecule has 6 atom stereocenters. The van der Waals surface area contributed by atoms with Crippen LogP contribution in [-0.2, 0) is 25.3 Å². The van der Waals surface area contributed by atoms with Crippen LogP contribution in [-0.4, -0.2) is 56.5 Å². The van der Waals surface area contributed by atoms with Gasteiger partial charge in [0.2, 0.25) is 5.91 Å². The fraction of sp³-hybridized carbons (Fsp3) is 0.731. The molecule has 0 aromatic heterocycles. The van der Waals surface area contributed by atoms with Crippen molar-refractivity contribution < 1.29 is 18.8 Å². The summed E-state index contributed by atoms with van der Waals surface area (Å²) in [6, 6.07) is 10.7. The number of amides is 1. The molecule has 1 unspecified atom stereocenters. The van der Waals surface area contributed by atoms with Gasteiger partial charge in [0, 0.05) is 12.5 Å². The third kappa shape index (κ3) is 4.62. The van der Waals surface area contributed by atoms with E-state index < -0.39 is 7.12 Å². The summed E-state index contributed by atoms with van der Waals surface area (Å²) in [7, 11) is -0.428. The van der Waals surface area contributed by atoms with Crippen LogP contribution in [0.25, 0.3) is 0 Å². The summed E-state index contributed by atoms with van der Waals surface area (Å²) in [5.74, 6) is 0.979. The first-order valence-corrected chi connectivity index (χ1v) is 12.8. The zero-order valence-electron chi connectivity index (χ0n) is 20.3. The van der Waals surface area contributed by atoms with Crippen molar-refractivity contribution in [1.82, 2.24) is 10.6 Å². The van der Waals surface area contributed by atoms with Crippen molar-refractivity contribution in [3.63, 3.8) is 0 Å². The van der Waals surface area contributed by atoms with Gasteiger partial charge in [-0.15, -0.1) is 0 Å². The van der Waals surface area contributed by atoms with Crippen LogP contribution in [0.2, 0.25) is 0 Å². The van der Waals surface area contributed by atoms with Crippen molar-refractivity contribution >= 4 is 13.0 Å². The maximum Gasteiger partial charge on any atom is 0.482 e. The SMILES string of the molecule is CC1(C)[C@@H]2C[C@H]3OB([C@@H](Cc4ccccc4)NC(=O)CCOCC4CCCN4)O[C@@]3(C)[C@H]1C2. The van der Waals surface area contributed by atoms with E-state index in [2.05, 4.69) is 43.5 Å². The van der Waals surface area contributed by atoms with Crippen molar-refractivity contribution in [2.75, 3.05) is 19.8 Å². The smallest absolute Gasteiger partial charge is 0.404 e. The topological polar surface area (TPSA) is 68.8 Å². The highest BCUT2D eigenvalue weighted by Crippen LogP contribution is 2.65. The highest BCUT2D eigenvalue weighted by Gasteiger charge is 2.68. The van der Waals surface area contributed by atoms with Gasteiger partial charge in [-0.2, -0.15) is 0 Å². The van der Waals surface area contributed by atoms with Gasteiger partial charge in [0.05, 0.1) is 30.9 Å². The largest absolute Gasteiger partial charge is 0.482 e. The standard InChI is InChI=1S/C26H39BN2O4/c1-25(2)19-15-21(25)26(3)22(16-19)32-27(33-26)23(14-18-8-5-4-6-9-18)29-24(30)11-13-31-17-20-10-7-12-28-20/h4-6,8-9,19-23,28H,7,10-17H2,1-3H3,(H,29,30)/t19-,20?,21-,22+,23+,26-/m0/s1. The molecule has 5 fully saturated rings. The number of nitrogens with one attached hydrogen (secondary N) is 2. The number of hydrogen-bond donors (Lipinski definition) is 2. The fourth-order valence-corrected chi connectivity index (χ4v) is 6.72. The van der Waals surface area contributed by atoms with Crippen molar-refractivity contribution in [1.29, 1.82) is 0 Å². The molecule has 1 aromatic carbocycles. The van der Waals surface area contributed by atoms with Crippen molar-refractivity contribution in [2.24, 2.45) is 17.3 Å². The first kappa shape index (κ1) is 23.3. The molecular weight excluding hydrogens is 415 g/mol. The summed E-state index contributed by atoms with van der Waals surface area (Å²) in [5, 5.41) is 6.65. The van der Waals surface area contributed by atoms with Gasteiger partial charge in [-0.1, -0.05) is 44.2 Å². The number of rotatable bonds is 9. The van der Waals surface area contributed by atoms with Crippen LogP contribution in [0, 0.1) is 17.3 Å². The number of carbonyl (C=O) groups excluding carboxylic acids is 1. The predicted molar refractivity (Wildman–Crippen MR) is 129 cm³/mol. The Balaban J connectivity index is 1.21. The lowest BCUT2D eigenvalue weighted by molar-refractivity contribution is -0.199. The molecule has 2 heterocycles. The van der Waals surface area contributed by atoms with E-state index in [4.69, 9.17) is 14.0 Å². The van der Waals surface area contributed by atoms with Crippen molar-refractivity contribution in [2.45, 2.75) is 83.0 Å². The minimum atomic E-state index is -0.428. The number of carbonyl (C=O) groups is 1. The van der Waals surface area contributed by atoms with Gasteiger partial charge in [0.15, 0.2) is 0 Å². The summed E-state index contributed by atoms with van der Waals surface area (Å²) in [4.78, 5) is 12.8. The van der Waals surface area contributed by atoms with E-state index in [1.165, 1.54) is 18.4 Å². The molecule has 3 aliphatic carbocycles. The zero-order valence-corrected chi connectivity index (χ0v) is 20.3. The highest BCUT2D eigenvalue weighted by molar-refractivity contribution is 6.48. The lowest BCUT2D eigenvalue weighted by atomic mass is 9.43. The zero-order chi connectivity index (χ0) is 23.1. The van der Waals surface area contributed by atoms with Gasteiger partial charge < -0.3 is 24.7 Å². The lowest BCUT2D eigenvalue weighted by Gasteiger charge is -2.64. The minimum Gasteiger partial charge on any atom is -0.404 e. The highest BCUT2D eigenvalue weighted by atomic mass is 16.7. The van der Waals surface area contributed by atoms with Gasteiger partial charge in [0.1, 0.15) is 0 Å². The Morgan fingerprint density at radius 1 is 1.27 bits per heavy atom. The fourth-order valence-electron chi connectivity index (χ4n) is 6.72.